The minimum Gasteiger partial charge on any atom is -0.393 e. The van der Waals surface area contributed by atoms with Gasteiger partial charge in [-0.1, -0.05) is 18.2 Å². The van der Waals surface area contributed by atoms with Gasteiger partial charge in [0.2, 0.25) is 5.95 Å². The van der Waals surface area contributed by atoms with Crippen molar-refractivity contribution < 1.29 is 5.11 Å². The maximum atomic E-state index is 9.48. The molecule has 1 aliphatic carbocycles. The van der Waals surface area contributed by atoms with Gasteiger partial charge in [-0.15, -0.1) is 0 Å². The van der Waals surface area contributed by atoms with Crippen molar-refractivity contribution in [2.45, 2.75) is 25.4 Å². The summed E-state index contributed by atoms with van der Waals surface area (Å²) in [4.78, 5) is 8.77. The lowest BCUT2D eigenvalue weighted by Gasteiger charge is -2.10. The first kappa shape index (κ1) is 11.4. The Balaban J connectivity index is 1.67. The summed E-state index contributed by atoms with van der Waals surface area (Å²) in [6.07, 6.45) is 4.62. The molecule has 1 aliphatic rings. The maximum Gasteiger partial charge on any atom is 0.223 e. The van der Waals surface area contributed by atoms with Gasteiger partial charge < -0.3 is 10.4 Å². The summed E-state index contributed by atoms with van der Waals surface area (Å²) < 4.78 is 0. The summed E-state index contributed by atoms with van der Waals surface area (Å²) >= 11 is 0. The zero-order valence-corrected chi connectivity index (χ0v) is 10.2. The summed E-state index contributed by atoms with van der Waals surface area (Å²) in [5.41, 5.74) is 0.960. The van der Waals surface area contributed by atoms with E-state index in [4.69, 9.17) is 0 Å². The zero-order chi connectivity index (χ0) is 12.4. The second kappa shape index (κ2) is 4.90. The summed E-state index contributed by atoms with van der Waals surface area (Å²) in [5.74, 6) is 1.21. The molecule has 1 heterocycles. The second-order valence-electron chi connectivity index (χ2n) is 4.97. The van der Waals surface area contributed by atoms with Gasteiger partial charge in [0.25, 0.3) is 0 Å². The fourth-order valence-corrected chi connectivity index (χ4v) is 2.53. The van der Waals surface area contributed by atoms with Crippen LogP contribution in [0.5, 0.6) is 0 Å². The molecular formula is C14H17N3O. The molecule has 0 bridgehead atoms. The maximum absolute atomic E-state index is 9.48. The molecule has 1 aromatic heterocycles. The van der Waals surface area contributed by atoms with E-state index >= 15 is 0 Å². The van der Waals surface area contributed by atoms with Crippen LogP contribution in [0.2, 0.25) is 0 Å². The third-order valence-electron chi connectivity index (χ3n) is 3.55. The van der Waals surface area contributed by atoms with E-state index in [0.717, 1.165) is 36.7 Å². The molecule has 0 aliphatic heterocycles. The summed E-state index contributed by atoms with van der Waals surface area (Å²) in [5, 5.41) is 13.8. The first-order valence-electron chi connectivity index (χ1n) is 6.45. The Morgan fingerprint density at radius 1 is 1.28 bits per heavy atom. The number of aliphatic hydroxyl groups is 1. The molecule has 1 aromatic carbocycles. The Kier molecular flexibility index (Phi) is 3.11. The molecule has 4 heteroatoms. The van der Waals surface area contributed by atoms with Crippen LogP contribution >= 0.6 is 0 Å². The van der Waals surface area contributed by atoms with Gasteiger partial charge in [0, 0.05) is 18.1 Å². The van der Waals surface area contributed by atoms with E-state index < -0.39 is 0 Å². The molecule has 0 amide bonds. The molecular weight excluding hydrogens is 226 g/mol. The topological polar surface area (TPSA) is 58.0 Å². The van der Waals surface area contributed by atoms with Crippen molar-refractivity contribution in [2.75, 3.05) is 11.9 Å². The Hall–Kier alpha value is -1.68. The van der Waals surface area contributed by atoms with E-state index in [-0.39, 0.29) is 6.10 Å². The Bertz CT molecular complexity index is 543. The fraction of sp³-hybridized carbons (Fsp3) is 0.429. The lowest BCUT2D eigenvalue weighted by molar-refractivity contribution is 0.178. The molecule has 2 N–H and O–H groups in total. The van der Waals surface area contributed by atoms with Crippen LogP contribution in [0.4, 0.5) is 5.95 Å². The number of nitrogens with one attached hydrogen (secondary N) is 1. The van der Waals surface area contributed by atoms with E-state index in [0.29, 0.717) is 11.9 Å². The quantitative estimate of drug-likeness (QED) is 0.867. The van der Waals surface area contributed by atoms with Crippen LogP contribution in [0.3, 0.4) is 0 Å². The van der Waals surface area contributed by atoms with Crippen LogP contribution in [0, 0.1) is 5.92 Å². The molecule has 1 saturated carbocycles. The number of aliphatic hydroxyl groups excluding tert-OH is 1. The smallest absolute Gasteiger partial charge is 0.223 e. The van der Waals surface area contributed by atoms with Crippen molar-refractivity contribution in [1.29, 1.82) is 0 Å². The van der Waals surface area contributed by atoms with Crippen molar-refractivity contribution in [3.63, 3.8) is 0 Å². The lowest BCUT2D eigenvalue weighted by atomic mass is 10.1. The molecule has 18 heavy (non-hydrogen) atoms. The highest BCUT2D eigenvalue weighted by atomic mass is 16.3. The van der Waals surface area contributed by atoms with Gasteiger partial charge in [-0.05, 0) is 31.2 Å². The summed E-state index contributed by atoms with van der Waals surface area (Å²) in [7, 11) is 0. The molecule has 2 unspecified atom stereocenters. The molecule has 0 saturated heterocycles. The van der Waals surface area contributed by atoms with Crippen LogP contribution in [-0.4, -0.2) is 27.7 Å². The van der Waals surface area contributed by atoms with Gasteiger partial charge in [0.05, 0.1) is 11.6 Å². The van der Waals surface area contributed by atoms with E-state index in [9.17, 15) is 5.11 Å². The highest BCUT2D eigenvalue weighted by Crippen LogP contribution is 2.25. The van der Waals surface area contributed by atoms with Crippen LogP contribution in [0.25, 0.3) is 10.9 Å². The molecule has 1 fully saturated rings. The molecule has 0 radical (unpaired) electrons. The molecule has 94 valence electrons. The van der Waals surface area contributed by atoms with Gasteiger partial charge in [-0.3, -0.25) is 0 Å². The highest BCUT2D eigenvalue weighted by molar-refractivity contribution is 5.78. The van der Waals surface area contributed by atoms with Crippen LogP contribution in [-0.2, 0) is 0 Å². The second-order valence-corrected chi connectivity index (χ2v) is 4.97. The number of rotatable bonds is 3. The Morgan fingerprint density at radius 3 is 3.00 bits per heavy atom. The lowest BCUT2D eigenvalue weighted by Crippen LogP contribution is -2.14. The number of para-hydroxylation sites is 1. The monoisotopic (exact) mass is 243 g/mol. The van der Waals surface area contributed by atoms with Crippen molar-refractivity contribution in [2.24, 2.45) is 5.92 Å². The first-order chi connectivity index (χ1) is 8.81. The summed E-state index contributed by atoms with van der Waals surface area (Å²) in [6, 6.07) is 7.96. The highest BCUT2D eigenvalue weighted by Gasteiger charge is 2.22. The number of hydrogen-bond donors (Lipinski definition) is 2. The average molecular weight is 243 g/mol. The van der Waals surface area contributed by atoms with Gasteiger partial charge in [0.15, 0.2) is 0 Å². The Morgan fingerprint density at radius 2 is 2.17 bits per heavy atom. The first-order valence-corrected chi connectivity index (χ1v) is 6.45. The number of hydrogen-bond acceptors (Lipinski definition) is 4. The predicted molar refractivity (Wildman–Crippen MR) is 71.4 cm³/mol. The average Bonchev–Trinajstić information content (AvgIpc) is 2.82. The summed E-state index contributed by atoms with van der Waals surface area (Å²) in [6.45, 7) is 0.843. The van der Waals surface area contributed by atoms with Crippen LogP contribution in [0.15, 0.2) is 30.5 Å². The van der Waals surface area contributed by atoms with Gasteiger partial charge in [-0.25, -0.2) is 9.97 Å². The van der Waals surface area contributed by atoms with E-state index in [1.807, 2.05) is 30.5 Å². The van der Waals surface area contributed by atoms with Crippen molar-refractivity contribution in [3.05, 3.63) is 30.5 Å². The van der Waals surface area contributed by atoms with Crippen molar-refractivity contribution in [1.82, 2.24) is 9.97 Å². The Labute approximate surface area is 106 Å². The largest absolute Gasteiger partial charge is 0.393 e. The molecule has 3 rings (SSSR count). The van der Waals surface area contributed by atoms with Crippen molar-refractivity contribution in [3.8, 4) is 0 Å². The third kappa shape index (κ3) is 2.43. The van der Waals surface area contributed by atoms with Crippen molar-refractivity contribution >= 4 is 16.9 Å². The predicted octanol–water partition coefficient (Wildman–Crippen LogP) is 2.20. The van der Waals surface area contributed by atoms with E-state index in [1.165, 1.54) is 0 Å². The molecule has 4 nitrogen and oxygen atoms in total. The number of fused-ring (bicyclic) bond motifs is 1. The van der Waals surface area contributed by atoms with Gasteiger partial charge in [-0.2, -0.15) is 0 Å². The van der Waals surface area contributed by atoms with Gasteiger partial charge >= 0.3 is 0 Å². The van der Waals surface area contributed by atoms with E-state index in [1.54, 1.807) is 0 Å². The standard InChI is InChI=1S/C14H17N3O/c18-12-6-5-10(7-12)8-15-14-16-9-11-3-1-2-4-13(11)17-14/h1-4,9-10,12,18H,5-8H2,(H,15,16,17). The normalized spacial score (nSPS) is 23.4. The fourth-order valence-electron chi connectivity index (χ4n) is 2.53. The minimum absolute atomic E-state index is 0.116. The van der Waals surface area contributed by atoms with Gasteiger partial charge in [0.1, 0.15) is 0 Å². The number of benzene rings is 1. The van der Waals surface area contributed by atoms with Crippen LogP contribution < -0.4 is 5.32 Å². The minimum atomic E-state index is -0.116. The number of aromatic nitrogens is 2. The molecule has 2 aromatic rings. The SMILES string of the molecule is OC1CCC(CNc2ncc3ccccc3n2)C1. The number of nitrogens with zero attached hydrogens (tertiary/aromatic N) is 2. The third-order valence-corrected chi connectivity index (χ3v) is 3.55. The van der Waals surface area contributed by atoms with Crippen LogP contribution in [0.1, 0.15) is 19.3 Å². The molecule has 2 atom stereocenters. The number of anilines is 1. The van der Waals surface area contributed by atoms with E-state index in [2.05, 4.69) is 15.3 Å². The zero-order valence-electron chi connectivity index (χ0n) is 10.2. The molecule has 0 spiro atoms.